The fraction of sp³-hybridized carbons (Fsp3) is 0. The minimum Gasteiger partial charge on any atom is -0.365 e. The Balaban J connectivity index is 3.64. The summed E-state index contributed by atoms with van der Waals surface area (Å²) in [5.41, 5.74) is 3.55. The number of carbonyl (C=O) groups excluding carboxylic acids is 1. The molecule has 82 valence electrons. The summed E-state index contributed by atoms with van der Waals surface area (Å²) in [5, 5.41) is 4.63. The first-order chi connectivity index (χ1) is 6.75. The minimum atomic E-state index is -4.36. The largest absolute Gasteiger partial charge is 0.365 e. The van der Waals surface area contributed by atoms with Gasteiger partial charge in [-0.3, -0.25) is 4.79 Å². The zero-order valence-electron chi connectivity index (χ0n) is 7.20. The van der Waals surface area contributed by atoms with E-state index < -0.39 is 38.0 Å². The lowest BCUT2D eigenvalue weighted by Crippen LogP contribution is -2.20. The predicted octanol–water partition coefficient (Wildman–Crippen LogP) is -0.289. The average molecular weight is 236 g/mol. The Kier molecular flexibility index (Phi) is 2.73. The van der Waals surface area contributed by atoms with E-state index in [2.05, 4.69) is 10.9 Å². The number of amides is 1. The third-order valence-corrected chi connectivity index (χ3v) is 2.54. The van der Waals surface area contributed by atoms with E-state index in [1.54, 1.807) is 0 Å². The number of sulfonamides is 1. The molecule has 0 atom stereocenters. The Hall–Kier alpha value is -1.54. The second kappa shape index (κ2) is 3.55. The number of primary sulfonamides is 1. The lowest BCUT2D eigenvalue weighted by Gasteiger charge is -2.04. The highest BCUT2D eigenvalue weighted by Gasteiger charge is 2.23. The number of benzene rings is 1. The molecule has 1 aromatic rings. The fourth-order valence-electron chi connectivity index (χ4n) is 0.979. The van der Waals surface area contributed by atoms with Crippen molar-refractivity contribution in [1.29, 1.82) is 0 Å². The first kappa shape index (κ1) is 11.5. The molecule has 0 aliphatic carbocycles. The minimum absolute atomic E-state index is 0.600. The van der Waals surface area contributed by atoms with Crippen molar-refractivity contribution < 1.29 is 22.0 Å². The van der Waals surface area contributed by atoms with Crippen LogP contribution >= 0.6 is 0 Å². The van der Waals surface area contributed by atoms with Gasteiger partial charge in [0.05, 0.1) is 0 Å². The molecule has 5 nitrogen and oxygen atoms in total. The maximum atomic E-state index is 13.3. The summed E-state index contributed by atoms with van der Waals surface area (Å²) >= 11 is 0. The Labute approximate surface area is 83.7 Å². The van der Waals surface area contributed by atoms with Crippen molar-refractivity contribution >= 4 is 15.9 Å². The molecule has 1 rings (SSSR count). The summed E-state index contributed by atoms with van der Waals surface area (Å²) in [4.78, 5) is 9.65. The third kappa shape index (κ3) is 2.10. The Morgan fingerprint density at radius 3 is 2.20 bits per heavy atom. The maximum absolute atomic E-state index is 13.3. The number of hydrogen-bond acceptors (Lipinski definition) is 3. The summed E-state index contributed by atoms with van der Waals surface area (Å²) < 4.78 is 47.8. The average Bonchev–Trinajstić information content (AvgIpc) is 2.00. The van der Waals surface area contributed by atoms with Crippen LogP contribution in [0.5, 0.6) is 0 Å². The predicted molar refractivity (Wildman–Crippen MR) is 46.2 cm³/mol. The molecule has 0 saturated carbocycles. The molecule has 1 aromatic carbocycles. The van der Waals surface area contributed by atoms with Crippen molar-refractivity contribution in [2.24, 2.45) is 10.9 Å². The zero-order chi connectivity index (χ0) is 11.8. The van der Waals surface area contributed by atoms with Crippen LogP contribution in [-0.4, -0.2) is 14.3 Å². The molecule has 4 N–H and O–H groups in total. The molecule has 1 amide bonds. The van der Waals surface area contributed by atoms with Crippen molar-refractivity contribution in [3.05, 3.63) is 29.3 Å². The number of hydrogen-bond donors (Lipinski definition) is 2. The van der Waals surface area contributed by atoms with Crippen LogP contribution in [0.4, 0.5) is 8.78 Å². The van der Waals surface area contributed by atoms with E-state index in [0.717, 1.165) is 0 Å². The molecule has 0 radical (unpaired) electrons. The van der Waals surface area contributed by atoms with Gasteiger partial charge >= 0.3 is 0 Å². The van der Waals surface area contributed by atoms with Gasteiger partial charge in [0.25, 0.3) is 5.91 Å². The van der Waals surface area contributed by atoms with Crippen molar-refractivity contribution in [3.63, 3.8) is 0 Å². The lowest BCUT2D eigenvalue weighted by molar-refractivity contribution is 0.0991. The van der Waals surface area contributed by atoms with Crippen molar-refractivity contribution in [2.75, 3.05) is 0 Å². The van der Waals surface area contributed by atoms with Gasteiger partial charge < -0.3 is 5.73 Å². The number of halogens is 2. The van der Waals surface area contributed by atoms with Crippen molar-refractivity contribution in [3.8, 4) is 0 Å². The lowest BCUT2D eigenvalue weighted by atomic mass is 10.2. The normalized spacial score (nSPS) is 11.4. The topological polar surface area (TPSA) is 103 Å². The number of primary amides is 1. The van der Waals surface area contributed by atoms with Gasteiger partial charge in [0.2, 0.25) is 10.0 Å². The van der Waals surface area contributed by atoms with E-state index in [9.17, 15) is 22.0 Å². The Morgan fingerprint density at radius 2 is 1.80 bits per heavy atom. The van der Waals surface area contributed by atoms with E-state index in [1.165, 1.54) is 0 Å². The van der Waals surface area contributed by atoms with E-state index >= 15 is 0 Å². The second-order valence-electron chi connectivity index (χ2n) is 2.64. The van der Waals surface area contributed by atoms with Gasteiger partial charge in [-0.25, -0.2) is 22.3 Å². The summed E-state index contributed by atoms with van der Waals surface area (Å²) in [7, 11) is -4.36. The molecule has 0 bridgehead atoms. The van der Waals surface area contributed by atoms with Gasteiger partial charge in [0, 0.05) is 0 Å². The molecule has 0 saturated heterocycles. The fourth-order valence-corrected chi connectivity index (χ4v) is 1.59. The van der Waals surface area contributed by atoms with Gasteiger partial charge in [0.15, 0.2) is 5.82 Å². The molecule has 15 heavy (non-hydrogen) atoms. The molecule has 0 spiro atoms. The van der Waals surface area contributed by atoms with Crippen molar-refractivity contribution in [2.45, 2.75) is 4.90 Å². The highest BCUT2D eigenvalue weighted by atomic mass is 32.2. The third-order valence-electron chi connectivity index (χ3n) is 1.61. The van der Waals surface area contributed by atoms with Crippen LogP contribution in [0.2, 0.25) is 0 Å². The Morgan fingerprint density at radius 1 is 1.27 bits per heavy atom. The van der Waals surface area contributed by atoms with E-state index in [4.69, 9.17) is 0 Å². The van der Waals surface area contributed by atoms with Gasteiger partial charge in [-0.15, -0.1) is 0 Å². The number of carbonyl (C=O) groups is 1. The van der Waals surface area contributed by atoms with Crippen LogP contribution in [0, 0.1) is 11.6 Å². The standard InChI is InChI=1S/C7H6F2N2O3S/c8-3-1-2-4(15(11,13)14)6(9)5(3)7(10)12/h1-2H,(H2,10,12)(H2,11,13,14). The van der Waals surface area contributed by atoms with E-state index in [1.807, 2.05) is 0 Å². The maximum Gasteiger partial charge on any atom is 0.254 e. The molecule has 0 aliphatic rings. The van der Waals surface area contributed by atoms with Crippen molar-refractivity contribution in [1.82, 2.24) is 0 Å². The van der Waals surface area contributed by atoms with E-state index in [-0.39, 0.29) is 0 Å². The van der Waals surface area contributed by atoms with Gasteiger partial charge in [-0.2, -0.15) is 0 Å². The smallest absolute Gasteiger partial charge is 0.254 e. The Bertz CT molecular complexity index is 527. The first-order valence-electron chi connectivity index (χ1n) is 3.55. The summed E-state index contributed by atoms with van der Waals surface area (Å²) in [6.45, 7) is 0. The van der Waals surface area contributed by atoms with Gasteiger partial charge in [-0.1, -0.05) is 0 Å². The van der Waals surface area contributed by atoms with Crippen LogP contribution in [0.15, 0.2) is 17.0 Å². The summed E-state index contributed by atoms with van der Waals surface area (Å²) in [6, 6.07) is 1.22. The molecule has 0 fully saturated rings. The molecular weight excluding hydrogens is 230 g/mol. The van der Waals surface area contributed by atoms with Crippen LogP contribution in [0.3, 0.4) is 0 Å². The summed E-state index contributed by atoms with van der Waals surface area (Å²) in [5.74, 6) is -4.23. The summed E-state index contributed by atoms with van der Waals surface area (Å²) in [6.07, 6.45) is 0. The highest BCUT2D eigenvalue weighted by molar-refractivity contribution is 7.89. The molecule has 0 aliphatic heterocycles. The quantitative estimate of drug-likeness (QED) is 0.737. The first-order valence-corrected chi connectivity index (χ1v) is 5.10. The van der Waals surface area contributed by atoms with Crippen LogP contribution in [-0.2, 0) is 10.0 Å². The van der Waals surface area contributed by atoms with Gasteiger partial charge in [0.1, 0.15) is 16.3 Å². The molecular formula is C7H6F2N2O3S. The second-order valence-corrected chi connectivity index (χ2v) is 4.17. The van der Waals surface area contributed by atoms with Crippen LogP contribution in [0.25, 0.3) is 0 Å². The number of rotatable bonds is 2. The van der Waals surface area contributed by atoms with E-state index in [0.29, 0.717) is 12.1 Å². The van der Waals surface area contributed by atoms with Crippen LogP contribution < -0.4 is 10.9 Å². The zero-order valence-corrected chi connectivity index (χ0v) is 8.01. The van der Waals surface area contributed by atoms with Gasteiger partial charge in [-0.05, 0) is 12.1 Å². The molecule has 0 heterocycles. The number of nitrogens with two attached hydrogens (primary N) is 2. The molecule has 0 aromatic heterocycles. The molecule has 8 heteroatoms. The molecule has 0 unspecified atom stereocenters. The SMILES string of the molecule is NC(=O)c1c(F)ccc(S(N)(=O)=O)c1F. The van der Waals surface area contributed by atoms with Crippen LogP contribution in [0.1, 0.15) is 10.4 Å². The highest BCUT2D eigenvalue weighted by Crippen LogP contribution is 2.19. The monoisotopic (exact) mass is 236 g/mol.